The maximum Gasteiger partial charge on any atom is 0.271 e. The third-order valence-electron chi connectivity index (χ3n) is 5.10. The summed E-state index contributed by atoms with van der Waals surface area (Å²) in [6.07, 6.45) is 0. The lowest BCUT2D eigenvalue weighted by molar-refractivity contribution is -0.384. The minimum absolute atomic E-state index is 0.0572. The second-order valence-electron chi connectivity index (χ2n) is 7.20. The van der Waals surface area contributed by atoms with Gasteiger partial charge in [-0.05, 0) is 49.4 Å². The zero-order chi connectivity index (χ0) is 24.2. The van der Waals surface area contributed by atoms with E-state index >= 15 is 0 Å². The van der Waals surface area contributed by atoms with Crippen LogP contribution >= 0.6 is 0 Å². The number of benzene rings is 3. The number of nitro groups is 1. The summed E-state index contributed by atoms with van der Waals surface area (Å²) in [6.45, 7) is 2.35. The van der Waals surface area contributed by atoms with Crippen molar-refractivity contribution in [2.45, 2.75) is 6.92 Å². The highest BCUT2D eigenvalue weighted by molar-refractivity contribution is 5.80. The molecule has 4 rings (SSSR count). The molecule has 174 valence electrons. The molecule has 0 unspecified atom stereocenters. The summed E-state index contributed by atoms with van der Waals surface area (Å²) in [7, 11) is 3.09. The van der Waals surface area contributed by atoms with Gasteiger partial charge in [-0.3, -0.25) is 10.1 Å². The zero-order valence-corrected chi connectivity index (χ0v) is 18.8. The Hall–Kier alpha value is -4.53. The molecule has 0 amide bonds. The van der Waals surface area contributed by atoms with Crippen LogP contribution in [-0.4, -0.2) is 30.9 Å². The van der Waals surface area contributed by atoms with Crippen LogP contribution in [0.4, 0.5) is 11.4 Å². The van der Waals surface area contributed by atoms with Gasteiger partial charge in [0.25, 0.3) is 5.69 Å². The third kappa shape index (κ3) is 4.49. The molecule has 0 aliphatic rings. The SMILES string of the molecule is CCOc1ccc2oc(-c3ccc(OC)c(OC)c3)cc(=Nc3cc([N+](=O)[O-])ccc3O)c2c1. The summed E-state index contributed by atoms with van der Waals surface area (Å²) >= 11 is 0. The molecule has 1 N–H and O–H groups in total. The molecule has 0 fully saturated rings. The first kappa shape index (κ1) is 22.7. The Balaban J connectivity index is 1.99. The van der Waals surface area contributed by atoms with E-state index in [2.05, 4.69) is 4.99 Å². The summed E-state index contributed by atoms with van der Waals surface area (Å²) in [5, 5.41) is 22.6. The lowest BCUT2D eigenvalue weighted by Crippen LogP contribution is -2.04. The molecule has 0 radical (unpaired) electrons. The lowest BCUT2D eigenvalue weighted by atomic mass is 10.1. The molecular weight excluding hydrogens is 440 g/mol. The summed E-state index contributed by atoms with van der Waals surface area (Å²) in [6, 6.07) is 16.0. The molecule has 0 saturated heterocycles. The van der Waals surface area contributed by atoms with Gasteiger partial charge in [-0.15, -0.1) is 0 Å². The van der Waals surface area contributed by atoms with Gasteiger partial charge in [0.1, 0.15) is 28.5 Å². The maximum absolute atomic E-state index is 11.2. The van der Waals surface area contributed by atoms with Gasteiger partial charge in [-0.1, -0.05) is 0 Å². The second kappa shape index (κ2) is 9.53. The zero-order valence-electron chi connectivity index (χ0n) is 18.8. The molecule has 4 aromatic rings. The minimum atomic E-state index is -0.543. The van der Waals surface area contributed by atoms with Gasteiger partial charge in [0.15, 0.2) is 11.5 Å². The van der Waals surface area contributed by atoms with Crippen molar-refractivity contribution in [1.29, 1.82) is 0 Å². The standard InChI is InChI=1S/C25H22N2O7/c1-4-33-17-7-10-22-18(13-17)19(26-20-12-16(27(29)30)6-8-21(20)28)14-24(34-22)15-5-9-23(31-2)25(11-15)32-3/h5-14,28H,4H2,1-3H3. The summed E-state index contributed by atoms with van der Waals surface area (Å²) in [5.41, 5.74) is 1.09. The van der Waals surface area contributed by atoms with Crippen LogP contribution in [-0.2, 0) is 0 Å². The first-order valence-electron chi connectivity index (χ1n) is 10.4. The van der Waals surface area contributed by atoms with Crippen molar-refractivity contribution < 1.29 is 28.7 Å². The van der Waals surface area contributed by atoms with E-state index in [0.717, 1.165) is 0 Å². The Morgan fingerprint density at radius 1 is 1.00 bits per heavy atom. The number of methoxy groups -OCH3 is 2. The molecule has 0 atom stereocenters. The highest BCUT2D eigenvalue weighted by atomic mass is 16.6. The van der Waals surface area contributed by atoms with Gasteiger partial charge in [0, 0.05) is 29.1 Å². The molecule has 0 saturated carbocycles. The Morgan fingerprint density at radius 3 is 2.50 bits per heavy atom. The van der Waals surface area contributed by atoms with Gasteiger partial charge in [0.2, 0.25) is 0 Å². The van der Waals surface area contributed by atoms with Gasteiger partial charge in [-0.25, -0.2) is 4.99 Å². The number of hydrogen-bond donors (Lipinski definition) is 1. The first-order valence-corrected chi connectivity index (χ1v) is 10.4. The van der Waals surface area contributed by atoms with Crippen LogP contribution in [0.2, 0.25) is 0 Å². The van der Waals surface area contributed by atoms with Crippen LogP contribution in [0.25, 0.3) is 22.3 Å². The predicted molar refractivity (Wildman–Crippen MR) is 126 cm³/mol. The lowest BCUT2D eigenvalue weighted by Gasteiger charge is -2.11. The molecule has 3 aromatic carbocycles. The average Bonchev–Trinajstić information content (AvgIpc) is 2.85. The van der Waals surface area contributed by atoms with E-state index in [4.69, 9.17) is 18.6 Å². The number of aromatic hydroxyl groups is 1. The number of ether oxygens (including phenoxy) is 3. The van der Waals surface area contributed by atoms with E-state index < -0.39 is 4.92 Å². The van der Waals surface area contributed by atoms with Crippen LogP contribution in [0.3, 0.4) is 0 Å². The van der Waals surface area contributed by atoms with E-state index in [1.165, 1.54) is 18.2 Å². The quantitative estimate of drug-likeness (QED) is 0.290. The number of non-ortho nitro benzene ring substituents is 1. The molecule has 1 aromatic heterocycles. The summed E-state index contributed by atoms with van der Waals surface area (Å²) < 4.78 is 22.5. The summed E-state index contributed by atoms with van der Waals surface area (Å²) in [4.78, 5) is 15.2. The van der Waals surface area contributed by atoms with E-state index in [1.807, 2.05) is 13.0 Å². The number of fused-ring (bicyclic) bond motifs is 1. The average molecular weight is 462 g/mol. The molecule has 0 bridgehead atoms. The van der Waals surface area contributed by atoms with Crippen molar-refractivity contribution in [2.75, 3.05) is 20.8 Å². The molecule has 0 spiro atoms. The second-order valence-corrected chi connectivity index (χ2v) is 7.20. The Bertz CT molecular complexity index is 1440. The topological polar surface area (TPSA) is 117 Å². The van der Waals surface area contributed by atoms with Crippen LogP contribution < -0.4 is 19.6 Å². The number of rotatable bonds is 7. The fraction of sp³-hybridized carbons (Fsp3) is 0.160. The Kier molecular flexibility index (Phi) is 6.35. The molecule has 1 heterocycles. The molecule has 9 nitrogen and oxygen atoms in total. The first-order chi connectivity index (χ1) is 16.4. The van der Waals surface area contributed by atoms with E-state index in [1.54, 1.807) is 50.6 Å². The monoisotopic (exact) mass is 462 g/mol. The van der Waals surface area contributed by atoms with Gasteiger partial charge in [0.05, 0.1) is 31.1 Å². The van der Waals surface area contributed by atoms with Crippen LogP contribution in [0, 0.1) is 10.1 Å². The van der Waals surface area contributed by atoms with E-state index in [9.17, 15) is 15.2 Å². The fourth-order valence-corrected chi connectivity index (χ4v) is 3.47. The van der Waals surface area contributed by atoms with Gasteiger partial charge < -0.3 is 23.7 Å². The van der Waals surface area contributed by atoms with Crippen LogP contribution in [0.5, 0.6) is 23.0 Å². The van der Waals surface area contributed by atoms with Gasteiger partial charge >= 0.3 is 0 Å². The highest BCUT2D eigenvalue weighted by Crippen LogP contribution is 2.34. The van der Waals surface area contributed by atoms with E-state index in [-0.39, 0.29) is 17.1 Å². The predicted octanol–water partition coefficient (Wildman–Crippen LogP) is 5.36. The number of nitro benzene ring substituents is 1. The number of phenolic OH excluding ortho intramolecular Hbond substituents is 1. The normalized spacial score (nSPS) is 11.4. The van der Waals surface area contributed by atoms with E-state index in [0.29, 0.717) is 51.5 Å². The molecule has 34 heavy (non-hydrogen) atoms. The Morgan fingerprint density at radius 2 is 1.79 bits per heavy atom. The number of hydrogen-bond acceptors (Lipinski definition) is 8. The molecule has 0 aliphatic carbocycles. The minimum Gasteiger partial charge on any atom is -0.506 e. The van der Waals surface area contributed by atoms with Crippen molar-refractivity contribution in [1.82, 2.24) is 0 Å². The molecular formula is C25H22N2O7. The van der Waals surface area contributed by atoms with Crippen molar-refractivity contribution in [3.05, 3.63) is 76.1 Å². The van der Waals surface area contributed by atoms with Crippen LogP contribution in [0.15, 0.2) is 70.1 Å². The fourth-order valence-electron chi connectivity index (χ4n) is 3.47. The third-order valence-corrected chi connectivity index (χ3v) is 5.10. The largest absolute Gasteiger partial charge is 0.506 e. The van der Waals surface area contributed by atoms with Crippen molar-refractivity contribution in [3.63, 3.8) is 0 Å². The van der Waals surface area contributed by atoms with Crippen molar-refractivity contribution in [2.24, 2.45) is 4.99 Å². The maximum atomic E-state index is 11.2. The summed E-state index contributed by atoms with van der Waals surface area (Å²) in [5.74, 6) is 2.00. The molecule has 0 aliphatic heterocycles. The number of nitrogens with zero attached hydrogens (tertiary/aromatic N) is 2. The van der Waals surface area contributed by atoms with Crippen LogP contribution in [0.1, 0.15) is 6.92 Å². The highest BCUT2D eigenvalue weighted by Gasteiger charge is 2.13. The van der Waals surface area contributed by atoms with Crippen molar-refractivity contribution >= 4 is 22.3 Å². The van der Waals surface area contributed by atoms with Crippen molar-refractivity contribution in [3.8, 4) is 34.3 Å². The Labute approximate surface area is 194 Å². The number of phenols is 1. The smallest absolute Gasteiger partial charge is 0.271 e. The van der Waals surface area contributed by atoms with Gasteiger partial charge in [-0.2, -0.15) is 0 Å². The molecule has 9 heteroatoms.